The van der Waals surface area contributed by atoms with Crippen LogP contribution < -0.4 is 11.1 Å². The van der Waals surface area contributed by atoms with E-state index in [1.807, 2.05) is 20.8 Å². The van der Waals surface area contributed by atoms with Crippen molar-refractivity contribution in [3.05, 3.63) is 11.7 Å². The number of aromatic nitrogens is 2. The lowest BCUT2D eigenvalue weighted by atomic mass is 9.96. The Bertz CT molecular complexity index is 435. The van der Waals surface area contributed by atoms with Gasteiger partial charge in [0, 0.05) is 19.1 Å². The Kier molecular flexibility index (Phi) is 5.64. The number of amides is 1. The lowest BCUT2D eigenvalue weighted by molar-refractivity contribution is -0.124. The number of hydrogen-bond acceptors (Lipinski definition) is 6. The van der Waals surface area contributed by atoms with Crippen molar-refractivity contribution in [3.8, 4) is 0 Å². The fourth-order valence-electron chi connectivity index (χ4n) is 1.55. The second kappa shape index (κ2) is 6.81. The van der Waals surface area contributed by atoms with E-state index in [4.69, 9.17) is 15.0 Å². The molecule has 114 valence electrons. The van der Waals surface area contributed by atoms with E-state index >= 15 is 0 Å². The zero-order valence-corrected chi connectivity index (χ0v) is 12.8. The normalized spacial score (nSPS) is 14.9. The van der Waals surface area contributed by atoms with Gasteiger partial charge in [-0.15, -0.1) is 0 Å². The minimum Gasteiger partial charge on any atom is -0.380 e. The van der Waals surface area contributed by atoms with E-state index in [1.165, 1.54) is 7.11 Å². The molecule has 1 amide bonds. The molecule has 0 aliphatic rings. The van der Waals surface area contributed by atoms with Gasteiger partial charge in [0.25, 0.3) is 0 Å². The summed E-state index contributed by atoms with van der Waals surface area (Å²) < 4.78 is 10.2. The Morgan fingerprint density at radius 2 is 2.15 bits per heavy atom. The molecule has 0 radical (unpaired) electrons. The third-order valence-electron chi connectivity index (χ3n) is 2.87. The van der Waals surface area contributed by atoms with Crippen LogP contribution in [0.3, 0.4) is 0 Å². The van der Waals surface area contributed by atoms with Crippen molar-refractivity contribution >= 4 is 5.91 Å². The van der Waals surface area contributed by atoms with Crippen molar-refractivity contribution < 1.29 is 14.1 Å². The standard InChI is InChI=1S/C13H24N4O3/c1-8(15-10(18)6-9(7-14)19-5)11-16-12(17-20-11)13(2,3)4/h8-9H,6-7,14H2,1-5H3,(H,15,18). The highest BCUT2D eigenvalue weighted by atomic mass is 16.5. The van der Waals surface area contributed by atoms with Crippen LogP contribution in [0.15, 0.2) is 4.52 Å². The van der Waals surface area contributed by atoms with Crippen LogP contribution in [0.1, 0.15) is 51.9 Å². The smallest absolute Gasteiger partial charge is 0.248 e. The van der Waals surface area contributed by atoms with E-state index in [9.17, 15) is 4.79 Å². The molecule has 0 spiro atoms. The van der Waals surface area contributed by atoms with Crippen LogP contribution in [-0.2, 0) is 14.9 Å². The maximum Gasteiger partial charge on any atom is 0.248 e. The topological polar surface area (TPSA) is 103 Å². The van der Waals surface area contributed by atoms with Crippen LogP contribution in [0, 0.1) is 0 Å². The first-order valence-corrected chi connectivity index (χ1v) is 6.64. The number of methoxy groups -OCH3 is 1. The summed E-state index contributed by atoms with van der Waals surface area (Å²) in [6.45, 7) is 8.08. The van der Waals surface area contributed by atoms with Crippen molar-refractivity contribution in [2.45, 2.75) is 51.7 Å². The fraction of sp³-hybridized carbons (Fsp3) is 0.769. The number of nitrogens with zero attached hydrogens (tertiary/aromatic N) is 2. The van der Waals surface area contributed by atoms with Gasteiger partial charge in [0.15, 0.2) is 5.82 Å². The zero-order chi connectivity index (χ0) is 15.3. The molecule has 2 atom stereocenters. The van der Waals surface area contributed by atoms with Crippen LogP contribution in [0.5, 0.6) is 0 Å². The zero-order valence-electron chi connectivity index (χ0n) is 12.8. The Hall–Kier alpha value is -1.47. The van der Waals surface area contributed by atoms with Gasteiger partial charge in [0.1, 0.15) is 6.04 Å². The molecule has 0 bridgehead atoms. The van der Waals surface area contributed by atoms with Gasteiger partial charge >= 0.3 is 0 Å². The molecule has 1 aromatic heterocycles. The van der Waals surface area contributed by atoms with Gasteiger partial charge in [-0.3, -0.25) is 4.79 Å². The SMILES string of the molecule is COC(CN)CC(=O)NC(C)c1nc(C(C)(C)C)no1. The molecular weight excluding hydrogens is 260 g/mol. The van der Waals surface area contributed by atoms with E-state index in [0.29, 0.717) is 18.3 Å². The molecule has 3 N–H and O–H groups in total. The summed E-state index contributed by atoms with van der Waals surface area (Å²) in [5, 5.41) is 6.72. The Morgan fingerprint density at radius 3 is 2.60 bits per heavy atom. The number of carbonyl (C=O) groups excluding carboxylic acids is 1. The highest BCUT2D eigenvalue weighted by Gasteiger charge is 2.24. The number of ether oxygens (including phenoxy) is 1. The van der Waals surface area contributed by atoms with E-state index in [1.54, 1.807) is 6.92 Å². The molecule has 7 nitrogen and oxygen atoms in total. The first-order valence-electron chi connectivity index (χ1n) is 6.64. The molecule has 0 saturated heterocycles. The Morgan fingerprint density at radius 1 is 1.50 bits per heavy atom. The van der Waals surface area contributed by atoms with Crippen LogP contribution in [0.4, 0.5) is 0 Å². The highest BCUT2D eigenvalue weighted by molar-refractivity contribution is 5.76. The minimum atomic E-state index is -0.346. The average molecular weight is 284 g/mol. The summed E-state index contributed by atoms with van der Waals surface area (Å²) in [5.41, 5.74) is 5.29. The summed E-state index contributed by atoms with van der Waals surface area (Å²) in [6, 6.07) is -0.346. The number of rotatable bonds is 6. The minimum absolute atomic E-state index is 0.162. The quantitative estimate of drug-likeness (QED) is 0.804. The van der Waals surface area contributed by atoms with Gasteiger partial charge in [0.2, 0.25) is 11.8 Å². The molecule has 0 saturated carbocycles. The third kappa shape index (κ3) is 4.57. The number of carbonyl (C=O) groups is 1. The maximum absolute atomic E-state index is 11.8. The molecular formula is C13H24N4O3. The molecule has 1 heterocycles. The predicted octanol–water partition coefficient (Wildman–Crippen LogP) is 0.908. The molecule has 1 aromatic rings. The molecule has 20 heavy (non-hydrogen) atoms. The maximum atomic E-state index is 11.8. The molecule has 0 aliphatic heterocycles. The fourth-order valence-corrected chi connectivity index (χ4v) is 1.55. The second-order valence-corrected chi connectivity index (χ2v) is 5.79. The van der Waals surface area contributed by atoms with Crippen molar-refractivity contribution in [2.75, 3.05) is 13.7 Å². The van der Waals surface area contributed by atoms with E-state index in [0.717, 1.165) is 0 Å². The summed E-state index contributed by atoms with van der Waals surface area (Å²) >= 11 is 0. The van der Waals surface area contributed by atoms with Gasteiger partial charge in [-0.05, 0) is 6.92 Å². The van der Waals surface area contributed by atoms with Crippen molar-refractivity contribution in [1.29, 1.82) is 0 Å². The van der Waals surface area contributed by atoms with E-state index in [2.05, 4.69) is 15.5 Å². The molecule has 0 aromatic carbocycles. The largest absolute Gasteiger partial charge is 0.380 e. The average Bonchev–Trinajstić information content (AvgIpc) is 2.85. The third-order valence-corrected chi connectivity index (χ3v) is 2.87. The van der Waals surface area contributed by atoms with Crippen molar-refractivity contribution in [1.82, 2.24) is 15.5 Å². The highest BCUT2D eigenvalue weighted by Crippen LogP contribution is 2.20. The number of nitrogens with two attached hydrogens (primary N) is 1. The van der Waals surface area contributed by atoms with E-state index < -0.39 is 0 Å². The van der Waals surface area contributed by atoms with Gasteiger partial charge < -0.3 is 20.3 Å². The second-order valence-electron chi connectivity index (χ2n) is 5.79. The first-order chi connectivity index (χ1) is 9.27. The number of nitrogens with one attached hydrogen (secondary N) is 1. The predicted molar refractivity (Wildman–Crippen MR) is 74.0 cm³/mol. The van der Waals surface area contributed by atoms with Gasteiger partial charge in [-0.1, -0.05) is 25.9 Å². The summed E-state index contributed by atoms with van der Waals surface area (Å²) in [4.78, 5) is 16.1. The van der Waals surface area contributed by atoms with E-state index in [-0.39, 0.29) is 29.9 Å². The van der Waals surface area contributed by atoms with Crippen LogP contribution in [0.2, 0.25) is 0 Å². The lowest BCUT2D eigenvalue weighted by Gasteiger charge is -2.14. The lowest BCUT2D eigenvalue weighted by Crippen LogP contribution is -2.33. The van der Waals surface area contributed by atoms with Crippen molar-refractivity contribution in [2.24, 2.45) is 5.73 Å². The molecule has 2 unspecified atom stereocenters. The first kappa shape index (κ1) is 16.6. The summed E-state index contributed by atoms with van der Waals surface area (Å²) in [6.07, 6.45) is -0.0764. The van der Waals surface area contributed by atoms with Gasteiger partial charge in [-0.25, -0.2) is 0 Å². The molecule has 0 fully saturated rings. The Labute approximate surface area is 119 Å². The van der Waals surface area contributed by atoms with Crippen LogP contribution in [0.25, 0.3) is 0 Å². The molecule has 1 rings (SSSR count). The van der Waals surface area contributed by atoms with Crippen LogP contribution >= 0.6 is 0 Å². The van der Waals surface area contributed by atoms with Crippen molar-refractivity contribution in [3.63, 3.8) is 0 Å². The summed E-state index contributed by atoms with van der Waals surface area (Å²) in [7, 11) is 1.53. The molecule has 7 heteroatoms. The van der Waals surface area contributed by atoms with Crippen LogP contribution in [-0.4, -0.2) is 35.8 Å². The number of hydrogen-bond donors (Lipinski definition) is 2. The van der Waals surface area contributed by atoms with Gasteiger partial charge in [0.05, 0.1) is 12.5 Å². The van der Waals surface area contributed by atoms with Gasteiger partial charge in [-0.2, -0.15) is 4.98 Å². The molecule has 0 aliphatic carbocycles. The Balaban J connectivity index is 2.60. The summed E-state index contributed by atoms with van der Waals surface area (Å²) in [5.74, 6) is 0.848. The monoisotopic (exact) mass is 284 g/mol.